The maximum absolute atomic E-state index is 12.1. The average Bonchev–Trinajstić information content (AvgIpc) is 2.62. The van der Waals surface area contributed by atoms with Crippen LogP contribution in [0.4, 0.5) is 5.69 Å². The second kappa shape index (κ2) is 7.57. The normalized spacial score (nSPS) is 10.6. The van der Waals surface area contributed by atoms with Gasteiger partial charge in [-0.3, -0.25) is 9.78 Å². The van der Waals surface area contributed by atoms with Crippen LogP contribution in [0.2, 0.25) is 0 Å². The van der Waals surface area contributed by atoms with Crippen molar-refractivity contribution >= 4 is 28.3 Å². The molecular formula is C20H18N2O3. The quantitative estimate of drug-likeness (QED) is 0.716. The summed E-state index contributed by atoms with van der Waals surface area (Å²) in [5.74, 6) is -1.30. The summed E-state index contributed by atoms with van der Waals surface area (Å²) >= 11 is 0. The standard InChI is InChI=1S/C20H18N2O3/c23-19(22-18-13-21-11-10-17(18)20(24)25)7-3-4-14-8-9-15-5-1-2-6-16(15)12-14/h1-2,5-6,8-13H,3-4,7H2,(H,22,23)(H,24,25). The molecule has 0 unspecified atom stereocenters. The monoisotopic (exact) mass is 334 g/mol. The molecule has 0 aliphatic rings. The predicted molar refractivity (Wildman–Crippen MR) is 96.7 cm³/mol. The van der Waals surface area contributed by atoms with Gasteiger partial charge >= 0.3 is 5.97 Å². The Balaban J connectivity index is 1.56. The lowest BCUT2D eigenvalue weighted by atomic mass is 10.0. The molecule has 2 aromatic carbocycles. The molecule has 1 heterocycles. The van der Waals surface area contributed by atoms with E-state index in [1.165, 1.54) is 34.8 Å². The Morgan fingerprint density at radius 2 is 1.84 bits per heavy atom. The molecule has 0 aliphatic carbocycles. The molecule has 126 valence electrons. The van der Waals surface area contributed by atoms with Crippen LogP contribution in [0.3, 0.4) is 0 Å². The maximum Gasteiger partial charge on any atom is 0.337 e. The van der Waals surface area contributed by atoms with Gasteiger partial charge in [0, 0.05) is 12.6 Å². The fourth-order valence-electron chi connectivity index (χ4n) is 2.74. The molecule has 0 atom stereocenters. The van der Waals surface area contributed by atoms with Crippen LogP contribution in [-0.2, 0) is 11.2 Å². The van der Waals surface area contributed by atoms with Gasteiger partial charge in [0.25, 0.3) is 0 Å². The third kappa shape index (κ3) is 4.20. The second-order valence-corrected chi connectivity index (χ2v) is 5.81. The molecular weight excluding hydrogens is 316 g/mol. The minimum Gasteiger partial charge on any atom is -0.478 e. The van der Waals surface area contributed by atoms with Crippen molar-refractivity contribution < 1.29 is 14.7 Å². The Morgan fingerprint density at radius 1 is 1.04 bits per heavy atom. The predicted octanol–water partition coefficient (Wildman–Crippen LogP) is 3.89. The number of pyridine rings is 1. The first-order chi connectivity index (χ1) is 12.1. The smallest absolute Gasteiger partial charge is 0.337 e. The first-order valence-corrected chi connectivity index (χ1v) is 8.08. The highest BCUT2D eigenvalue weighted by Gasteiger charge is 2.12. The Labute approximate surface area is 145 Å². The largest absolute Gasteiger partial charge is 0.478 e. The van der Waals surface area contributed by atoms with E-state index in [2.05, 4.69) is 40.6 Å². The lowest BCUT2D eigenvalue weighted by molar-refractivity contribution is -0.116. The maximum atomic E-state index is 12.1. The number of carbonyl (C=O) groups excluding carboxylic acids is 1. The molecule has 0 spiro atoms. The van der Waals surface area contributed by atoms with Gasteiger partial charge in [0.15, 0.2) is 0 Å². The number of aryl methyl sites for hydroxylation is 1. The molecule has 2 N–H and O–H groups in total. The van der Waals surface area contributed by atoms with E-state index in [1.807, 2.05) is 12.1 Å². The molecule has 0 aliphatic heterocycles. The Kier molecular flexibility index (Phi) is 5.04. The number of carboxylic acids is 1. The molecule has 0 saturated heterocycles. The molecule has 0 radical (unpaired) electrons. The van der Waals surface area contributed by atoms with Gasteiger partial charge in [-0.1, -0.05) is 42.5 Å². The van der Waals surface area contributed by atoms with Crippen LogP contribution in [0.5, 0.6) is 0 Å². The summed E-state index contributed by atoms with van der Waals surface area (Å²) in [4.78, 5) is 27.0. The molecule has 0 fully saturated rings. The molecule has 1 aromatic heterocycles. The number of hydrogen-bond donors (Lipinski definition) is 2. The molecule has 25 heavy (non-hydrogen) atoms. The average molecular weight is 334 g/mol. The summed E-state index contributed by atoms with van der Waals surface area (Å²) in [6.45, 7) is 0. The topological polar surface area (TPSA) is 79.3 Å². The number of nitrogens with one attached hydrogen (secondary N) is 1. The number of anilines is 1. The molecule has 0 saturated carbocycles. The minimum absolute atomic E-state index is 0.0397. The van der Waals surface area contributed by atoms with E-state index in [0.29, 0.717) is 12.8 Å². The molecule has 3 aromatic rings. The van der Waals surface area contributed by atoms with Crippen LogP contribution >= 0.6 is 0 Å². The summed E-state index contributed by atoms with van der Waals surface area (Å²) in [7, 11) is 0. The number of aromatic carboxylic acids is 1. The van der Waals surface area contributed by atoms with Crippen LogP contribution in [0, 0.1) is 0 Å². The van der Waals surface area contributed by atoms with E-state index < -0.39 is 5.97 Å². The number of hydrogen-bond acceptors (Lipinski definition) is 3. The van der Waals surface area contributed by atoms with E-state index >= 15 is 0 Å². The molecule has 0 bridgehead atoms. The molecule has 3 rings (SSSR count). The lowest BCUT2D eigenvalue weighted by Crippen LogP contribution is -2.14. The Bertz CT molecular complexity index is 921. The number of nitrogens with zero attached hydrogens (tertiary/aromatic N) is 1. The summed E-state index contributed by atoms with van der Waals surface area (Å²) in [5.41, 5.74) is 1.45. The van der Waals surface area contributed by atoms with E-state index in [1.54, 1.807) is 0 Å². The second-order valence-electron chi connectivity index (χ2n) is 5.81. The van der Waals surface area contributed by atoms with E-state index in [-0.39, 0.29) is 17.2 Å². The first-order valence-electron chi connectivity index (χ1n) is 8.08. The van der Waals surface area contributed by atoms with Crippen molar-refractivity contribution in [3.8, 4) is 0 Å². The van der Waals surface area contributed by atoms with Crippen LogP contribution in [-0.4, -0.2) is 22.0 Å². The molecule has 5 nitrogen and oxygen atoms in total. The van der Waals surface area contributed by atoms with Gasteiger partial charge in [-0.2, -0.15) is 0 Å². The first kappa shape index (κ1) is 16.6. The third-order valence-electron chi connectivity index (χ3n) is 4.01. The van der Waals surface area contributed by atoms with Crippen molar-refractivity contribution in [1.29, 1.82) is 0 Å². The van der Waals surface area contributed by atoms with Crippen LogP contribution in [0.25, 0.3) is 10.8 Å². The molecule has 5 heteroatoms. The SMILES string of the molecule is O=C(CCCc1ccc2ccccc2c1)Nc1cnccc1C(=O)O. The van der Waals surface area contributed by atoms with Gasteiger partial charge < -0.3 is 10.4 Å². The van der Waals surface area contributed by atoms with Gasteiger partial charge in [-0.25, -0.2) is 4.79 Å². The fraction of sp³-hybridized carbons (Fsp3) is 0.150. The number of aromatic nitrogens is 1. The zero-order valence-electron chi connectivity index (χ0n) is 13.6. The minimum atomic E-state index is -1.09. The summed E-state index contributed by atoms with van der Waals surface area (Å²) < 4.78 is 0. The van der Waals surface area contributed by atoms with Crippen molar-refractivity contribution in [2.45, 2.75) is 19.3 Å². The number of carbonyl (C=O) groups is 2. The summed E-state index contributed by atoms with van der Waals surface area (Å²) in [6, 6.07) is 15.8. The highest BCUT2D eigenvalue weighted by atomic mass is 16.4. The van der Waals surface area contributed by atoms with Crippen molar-refractivity contribution in [2.24, 2.45) is 0 Å². The summed E-state index contributed by atoms with van der Waals surface area (Å²) in [6.07, 6.45) is 4.54. The third-order valence-corrected chi connectivity index (χ3v) is 4.01. The van der Waals surface area contributed by atoms with Gasteiger partial charge in [-0.15, -0.1) is 0 Å². The van der Waals surface area contributed by atoms with Gasteiger partial charge in [-0.05, 0) is 35.2 Å². The van der Waals surface area contributed by atoms with E-state index in [0.717, 1.165) is 6.42 Å². The van der Waals surface area contributed by atoms with Crippen LogP contribution in [0.1, 0.15) is 28.8 Å². The van der Waals surface area contributed by atoms with Crippen molar-refractivity contribution in [1.82, 2.24) is 4.98 Å². The van der Waals surface area contributed by atoms with Crippen LogP contribution in [0.15, 0.2) is 60.9 Å². The lowest BCUT2D eigenvalue weighted by Gasteiger charge is -2.08. The van der Waals surface area contributed by atoms with Crippen LogP contribution < -0.4 is 5.32 Å². The van der Waals surface area contributed by atoms with Gasteiger partial charge in [0.1, 0.15) is 0 Å². The Hall–Kier alpha value is -3.21. The highest BCUT2D eigenvalue weighted by molar-refractivity contribution is 6.00. The zero-order valence-corrected chi connectivity index (χ0v) is 13.6. The van der Waals surface area contributed by atoms with E-state index in [4.69, 9.17) is 5.11 Å². The highest BCUT2D eigenvalue weighted by Crippen LogP contribution is 2.18. The fourth-order valence-corrected chi connectivity index (χ4v) is 2.74. The van der Waals surface area contributed by atoms with Crippen molar-refractivity contribution in [3.63, 3.8) is 0 Å². The van der Waals surface area contributed by atoms with Gasteiger partial charge in [0.2, 0.25) is 5.91 Å². The summed E-state index contributed by atoms with van der Waals surface area (Å²) in [5, 5.41) is 14.1. The molecule has 1 amide bonds. The number of carboxylic acid groups (broad SMARTS) is 1. The number of fused-ring (bicyclic) bond motifs is 1. The number of amides is 1. The van der Waals surface area contributed by atoms with Crippen molar-refractivity contribution in [3.05, 3.63) is 72.1 Å². The van der Waals surface area contributed by atoms with E-state index in [9.17, 15) is 9.59 Å². The Morgan fingerprint density at radius 3 is 2.64 bits per heavy atom. The number of benzene rings is 2. The van der Waals surface area contributed by atoms with Gasteiger partial charge in [0.05, 0.1) is 17.4 Å². The zero-order chi connectivity index (χ0) is 17.6. The van der Waals surface area contributed by atoms with Crippen molar-refractivity contribution in [2.75, 3.05) is 5.32 Å². The number of rotatable bonds is 6.